The molecule has 1 aliphatic heterocycles. The Labute approximate surface area is 129 Å². The topological polar surface area (TPSA) is 15.3 Å². The SMILES string of the molecule is CCCNCC1CCN(Cc2cc(F)cc(Br)c2)CC1. The van der Waals surface area contributed by atoms with Gasteiger partial charge in [-0.1, -0.05) is 22.9 Å². The van der Waals surface area contributed by atoms with E-state index in [1.54, 1.807) is 6.07 Å². The zero-order valence-electron chi connectivity index (χ0n) is 12.2. The Hall–Kier alpha value is -0.450. The molecule has 112 valence electrons. The van der Waals surface area contributed by atoms with E-state index in [1.807, 2.05) is 6.07 Å². The van der Waals surface area contributed by atoms with Gasteiger partial charge < -0.3 is 5.32 Å². The maximum Gasteiger partial charge on any atom is 0.124 e. The normalized spacial score (nSPS) is 17.6. The van der Waals surface area contributed by atoms with Crippen LogP contribution in [0.15, 0.2) is 22.7 Å². The molecule has 1 aliphatic rings. The smallest absolute Gasteiger partial charge is 0.124 e. The van der Waals surface area contributed by atoms with Gasteiger partial charge in [-0.2, -0.15) is 0 Å². The Morgan fingerprint density at radius 2 is 2.05 bits per heavy atom. The predicted molar refractivity (Wildman–Crippen MR) is 85.3 cm³/mol. The Bertz CT molecular complexity index is 397. The molecule has 0 unspecified atom stereocenters. The highest BCUT2D eigenvalue weighted by molar-refractivity contribution is 9.10. The molecule has 0 atom stereocenters. The lowest BCUT2D eigenvalue weighted by atomic mass is 9.96. The van der Waals surface area contributed by atoms with Crippen LogP contribution in [0.2, 0.25) is 0 Å². The molecule has 1 aromatic rings. The Morgan fingerprint density at radius 3 is 2.70 bits per heavy atom. The lowest BCUT2D eigenvalue weighted by Gasteiger charge is -2.32. The lowest BCUT2D eigenvalue weighted by Crippen LogP contribution is -2.37. The van der Waals surface area contributed by atoms with E-state index in [9.17, 15) is 4.39 Å². The average Bonchev–Trinajstić information content (AvgIpc) is 2.40. The van der Waals surface area contributed by atoms with Gasteiger partial charge in [0.2, 0.25) is 0 Å². The van der Waals surface area contributed by atoms with Gasteiger partial charge in [-0.3, -0.25) is 4.90 Å². The summed E-state index contributed by atoms with van der Waals surface area (Å²) in [6.07, 6.45) is 3.69. The molecule has 0 radical (unpaired) electrons. The first-order valence-electron chi connectivity index (χ1n) is 7.55. The van der Waals surface area contributed by atoms with Crippen LogP contribution in [-0.4, -0.2) is 31.1 Å². The van der Waals surface area contributed by atoms with E-state index in [0.29, 0.717) is 0 Å². The van der Waals surface area contributed by atoms with E-state index < -0.39 is 0 Å². The third-order valence-corrected chi connectivity index (χ3v) is 4.35. The van der Waals surface area contributed by atoms with Crippen molar-refractivity contribution in [3.8, 4) is 0 Å². The van der Waals surface area contributed by atoms with Gasteiger partial charge in [-0.05, 0) is 75.1 Å². The summed E-state index contributed by atoms with van der Waals surface area (Å²) in [5.41, 5.74) is 1.06. The Kier molecular flexibility index (Phi) is 6.46. The monoisotopic (exact) mass is 342 g/mol. The second-order valence-electron chi connectivity index (χ2n) is 5.70. The van der Waals surface area contributed by atoms with Crippen molar-refractivity contribution < 1.29 is 4.39 Å². The van der Waals surface area contributed by atoms with Crippen LogP contribution < -0.4 is 5.32 Å². The highest BCUT2D eigenvalue weighted by atomic mass is 79.9. The van der Waals surface area contributed by atoms with E-state index in [1.165, 1.54) is 25.3 Å². The number of benzene rings is 1. The van der Waals surface area contributed by atoms with Crippen LogP contribution in [0, 0.1) is 11.7 Å². The molecule has 1 N–H and O–H groups in total. The van der Waals surface area contributed by atoms with Gasteiger partial charge in [0.25, 0.3) is 0 Å². The minimum atomic E-state index is -0.159. The van der Waals surface area contributed by atoms with E-state index in [2.05, 4.69) is 33.1 Å². The van der Waals surface area contributed by atoms with Crippen molar-refractivity contribution in [2.75, 3.05) is 26.2 Å². The first-order valence-corrected chi connectivity index (χ1v) is 8.34. The van der Waals surface area contributed by atoms with Crippen molar-refractivity contribution in [3.05, 3.63) is 34.1 Å². The van der Waals surface area contributed by atoms with Crippen LogP contribution in [0.4, 0.5) is 4.39 Å². The van der Waals surface area contributed by atoms with E-state index >= 15 is 0 Å². The first-order chi connectivity index (χ1) is 9.67. The molecule has 0 saturated carbocycles. The summed E-state index contributed by atoms with van der Waals surface area (Å²) >= 11 is 3.36. The van der Waals surface area contributed by atoms with Gasteiger partial charge >= 0.3 is 0 Å². The van der Waals surface area contributed by atoms with Crippen molar-refractivity contribution in [1.29, 1.82) is 0 Å². The summed E-state index contributed by atoms with van der Waals surface area (Å²) in [6, 6.07) is 5.16. The summed E-state index contributed by atoms with van der Waals surface area (Å²) in [4.78, 5) is 2.43. The highest BCUT2D eigenvalue weighted by Crippen LogP contribution is 2.21. The molecule has 1 heterocycles. The van der Waals surface area contributed by atoms with Gasteiger partial charge in [0.15, 0.2) is 0 Å². The zero-order chi connectivity index (χ0) is 14.4. The Balaban J connectivity index is 1.76. The maximum atomic E-state index is 13.4. The fraction of sp³-hybridized carbons (Fsp3) is 0.625. The lowest BCUT2D eigenvalue weighted by molar-refractivity contribution is 0.175. The molecule has 1 saturated heterocycles. The molecule has 2 nitrogen and oxygen atoms in total. The minimum absolute atomic E-state index is 0.159. The molecule has 0 aromatic heterocycles. The molecule has 4 heteroatoms. The summed E-state index contributed by atoms with van der Waals surface area (Å²) < 4.78 is 14.2. The number of likely N-dealkylation sites (tertiary alicyclic amines) is 1. The van der Waals surface area contributed by atoms with Gasteiger partial charge in [-0.25, -0.2) is 4.39 Å². The van der Waals surface area contributed by atoms with Crippen molar-refractivity contribution >= 4 is 15.9 Å². The second-order valence-corrected chi connectivity index (χ2v) is 6.62. The van der Waals surface area contributed by atoms with Crippen LogP contribution in [0.5, 0.6) is 0 Å². The Morgan fingerprint density at radius 1 is 1.30 bits per heavy atom. The van der Waals surface area contributed by atoms with Crippen LogP contribution >= 0.6 is 15.9 Å². The molecule has 0 bridgehead atoms. The number of nitrogens with zero attached hydrogens (tertiary/aromatic N) is 1. The first kappa shape index (κ1) is 15.9. The minimum Gasteiger partial charge on any atom is -0.316 e. The summed E-state index contributed by atoms with van der Waals surface area (Å²) in [5.74, 6) is 0.644. The van der Waals surface area contributed by atoms with E-state index in [-0.39, 0.29) is 5.82 Å². The molecule has 0 aliphatic carbocycles. The second kappa shape index (κ2) is 8.11. The average molecular weight is 343 g/mol. The number of hydrogen-bond donors (Lipinski definition) is 1. The van der Waals surface area contributed by atoms with Crippen LogP contribution in [-0.2, 0) is 6.54 Å². The van der Waals surface area contributed by atoms with E-state index in [4.69, 9.17) is 0 Å². The predicted octanol–water partition coefficient (Wildman–Crippen LogP) is 3.80. The molecular formula is C16H24BrFN2. The van der Waals surface area contributed by atoms with Gasteiger partial charge in [0.1, 0.15) is 5.82 Å². The van der Waals surface area contributed by atoms with Crippen molar-refractivity contribution in [2.24, 2.45) is 5.92 Å². The molecule has 2 rings (SSSR count). The standard InChI is InChI=1S/C16H24BrFN2/c1-2-5-19-11-13-3-6-20(7-4-13)12-14-8-15(17)10-16(18)9-14/h8-10,13,19H,2-7,11-12H2,1H3. The van der Waals surface area contributed by atoms with Gasteiger partial charge in [0, 0.05) is 11.0 Å². The van der Waals surface area contributed by atoms with Crippen LogP contribution in [0.25, 0.3) is 0 Å². The fourth-order valence-corrected chi connectivity index (χ4v) is 3.30. The largest absolute Gasteiger partial charge is 0.316 e. The van der Waals surface area contributed by atoms with Crippen LogP contribution in [0.1, 0.15) is 31.7 Å². The molecule has 0 spiro atoms. The summed E-state index contributed by atoms with van der Waals surface area (Å²) in [5, 5.41) is 3.51. The van der Waals surface area contributed by atoms with Crippen LogP contribution in [0.3, 0.4) is 0 Å². The highest BCUT2D eigenvalue weighted by Gasteiger charge is 2.19. The molecule has 0 amide bonds. The van der Waals surface area contributed by atoms with Gasteiger partial charge in [-0.15, -0.1) is 0 Å². The van der Waals surface area contributed by atoms with Crippen molar-refractivity contribution in [2.45, 2.75) is 32.7 Å². The number of piperidine rings is 1. The number of halogens is 2. The molecule has 1 fully saturated rings. The maximum absolute atomic E-state index is 13.4. The third-order valence-electron chi connectivity index (χ3n) is 3.90. The number of nitrogens with one attached hydrogen (secondary N) is 1. The summed E-state index contributed by atoms with van der Waals surface area (Å²) in [6.45, 7) is 7.56. The number of hydrogen-bond acceptors (Lipinski definition) is 2. The zero-order valence-corrected chi connectivity index (χ0v) is 13.8. The van der Waals surface area contributed by atoms with E-state index in [0.717, 1.165) is 48.7 Å². The number of rotatable bonds is 6. The van der Waals surface area contributed by atoms with Gasteiger partial charge in [0.05, 0.1) is 0 Å². The molecule has 1 aromatic carbocycles. The van der Waals surface area contributed by atoms with Crippen molar-refractivity contribution in [1.82, 2.24) is 10.2 Å². The third kappa shape index (κ3) is 5.15. The summed E-state index contributed by atoms with van der Waals surface area (Å²) in [7, 11) is 0. The molecule has 20 heavy (non-hydrogen) atoms. The molecular weight excluding hydrogens is 319 g/mol. The quantitative estimate of drug-likeness (QED) is 0.791. The fourth-order valence-electron chi connectivity index (χ4n) is 2.79. The van der Waals surface area contributed by atoms with Crippen molar-refractivity contribution in [3.63, 3.8) is 0 Å².